The molecule has 0 spiro atoms. The lowest BCUT2D eigenvalue weighted by atomic mass is 9.99. The van der Waals surface area contributed by atoms with Crippen molar-refractivity contribution in [1.82, 2.24) is 0 Å². The number of carbonyl (C=O) groups is 1. The van der Waals surface area contributed by atoms with Crippen molar-refractivity contribution in [1.29, 1.82) is 0 Å². The van der Waals surface area contributed by atoms with Gasteiger partial charge in [-0.25, -0.2) is 0 Å². The van der Waals surface area contributed by atoms with Crippen LogP contribution in [0.3, 0.4) is 0 Å². The van der Waals surface area contributed by atoms with E-state index in [1.165, 1.54) is 5.57 Å². The smallest absolute Gasteiger partial charge is 0.231 e. The first-order chi connectivity index (χ1) is 9.13. The second kappa shape index (κ2) is 5.70. The number of benzene rings is 1. The molecule has 0 radical (unpaired) electrons. The lowest BCUT2D eigenvalue weighted by Crippen LogP contribution is -2.33. The first kappa shape index (κ1) is 13.3. The van der Waals surface area contributed by atoms with E-state index in [-0.39, 0.29) is 5.91 Å². The fourth-order valence-corrected chi connectivity index (χ4v) is 2.26. The van der Waals surface area contributed by atoms with E-state index in [0.29, 0.717) is 6.42 Å². The molecule has 2 rings (SSSR count). The predicted molar refractivity (Wildman–Crippen MR) is 79.8 cm³/mol. The van der Waals surface area contributed by atoms with Crippen molar-refractivity contribution in [2.45, 2.75) is 26.7 Å². The molecule has 2 nitrogen and oxygen atoms in total. The van der Waals surface area contributed by atoms with Crippen LogP contribution in [-0.4, -0.2) is 5.91 Å². The molecule has 0 unspecified atom stereocenters. The largest absolute Gasteiger partial charge is 0.281 e. The number of amides is 1. The Labute approximate surface area is 114 Å². The molecule has 1 aromatic carbocycles. The maximum Gasteiger partial charge on any atom is 0.231 e. The van der Waals surface area contributed by atoms with E-state index in [1.807, 2.05) is 50.3 Å². The third-order valence-electron chi connectivity index (χ3n) is 3.11. The Kier molecular flexibility index (Phi) is 4.00. The number of anilines is 1. The highest BCUT2D eigenvalue weighted by Crippen LogP contribution is 2.30. The quantitative estimate of drug-likeness (QED) is 0.789. The van der Waals surface area contributed by atoms with E-state index < -0.39 is 0 Å². The van der Waals surface area contributed by atoms with Gasteiger partial charge in [-0.1, -0.05) is 36.4 Å². The molecule has 0 aromatic heterocycles. The molecule has 0 saturated carbocycles. The van der Waals surface area contributed by atoms with E-state index >= 15 is 0 Å². The van der Waals surface area contributed by atoms with Crippen molar-refractivity contribution in [3.63, 3.8) is 0 Å². The molecule has 0 aliphatic carbocycles. The molecule has 0 bridgehead atoms. The minimum Gasteiger partial charge on any atom is -0.281 e. The first-order valence-corrected chi connectivity index (χ1v) is 6.52. The van der Waals surface area contributed by atoms with Crippen LogP contribution in [0.5, 0.6) is 0 Å². The Balaban J connectivity index is 2.56. The Bertz CT molecular complexity index is 548. The summed E-state index contributed by atoms with van der Waals surface area (Å²) in [6, 6.07) is 9.78. The summed E-state index contributed by atoms with van der Waals surface area (Å²) in [7, 11) is 0. The Hall–Kier alpha value is -2.09. The number of carbonyl (C=O) groups excluding carboxylic acids is 1. The van der Waals surface area contributed by atoms with Crippen LogP contribution in [0.1, 0.15) is 26.7 Å². The zero-order valence-electron chi connectivity index (χ0n) is 11.5. The van der Waals surface area contributed by atoms with Gasteiger partial charge in [0.25, 0.3) is 0 Å². The number of rotatable bonds is 3. The van der Waals surface area contributed by atoms with Crippen LogP contribution in [-0.2, 0) is 4.79 Å². The van der Waals surface area contributed by atoms with Gasteiger partial charge in [0.05, 0.1) is 5.70 Å². The van der Waals surface area contributed by atoms with Gasteiger partial charge in [0.2, 0.25) is 5.91 Å². The molecule has 2 heteroatoms. The van der Waals surface area contributed by atoms with Crippen molar-refractivity contribution < 1.29 is 4.79 Å². The Morgan fingerprint density at radius 1 is 1.21 bits per heavy atom. The van der Waals surface area contributed by atoms with Crippen molar-refractivity contribution in [3.05, 3.63) is 65.9 Å². The topological polar surface area (TPSA) is 20.3 Å². The summed E-state index contributed by atoms with van der Waals surface area (Å²) in [6.07, 6.45) is 5.22. The van der Waals surface area contributed by atoms with Crippen LogP contribution in [0.25, 0.3) is 0 Å². The lowest BCUT2D eigenvalue weighted by Gasteiger charge is -2.30. The standard InChI is InChI=1S/C17H19NO/c1-4-14-10-11-17(19)18(16(14)12-13(2)3)15-8-6-5-7-9-15/h4-9,12H,1,10-11H2,2-3H3. The highest BCUT2D eigenvalue weighted by atomic mass is 16.2. The number of nitrogens with zero attached hydrogens (tertiary/aromatic N) is 1. The van der Waals surface area contributed by atoms with E-state index in [2.05, 4.69) is 12.7 Å². The SMILES string of the molecule is C=CC1=C(C=C(C)C)N(c2ccccc2)C(=O)CC1. The van der Waals surface area contributed by atoms with Gasteiger partial charge in [-0.2, -0.15) is 0 Å². The summed E-state index contributed by atoms with van der Waals surface area (Å²) in [5.74, 6) is 0.143. The number of para-hydroxylation sites is 1. The molecule has 19 heavy (non-hydrogen) atoms. The van der Waals surface area contributed by atoms with Gasteiger partial charge in [-0.05, 0) is 44.1 Å². The highest BCUT2D eigenvalue weighted by Gasteiger charge is 2.25. The predicted octanol–water partition coefficient (Wildman–Crippen LogP) is 4.22. The molecule has 0 fully saturated rings. The van der Waals surface area contributed by atoms with Crippen LogP contribution in [0.15, 0.2) is 65.9 Å². The fourth-order valence-electron chi connectivity index (χ4n) is 2.26. The summed E-state index contributed by atoms with van der Waals surface area (Å²) in [4.78, 5) is 14.1. The van der Waals surface area contributed by atoms with Crippen LogP contribution in [0, 0.1) is 0 Å². The third kappa shape index (κ3) is 2.84. The minimum absolute atomic E-state index is 0.143. The van der Waals surface area contributed by atoms with E-state index in [1.54, 1.807) is 4.90 Å². The summed E-state index contributed by atoms with van der Waals surface area (Å²) in [5.41, 5.74) is 4.17. The van der Waals surface area contributed by atoms with Gasteiger partial charge in [0.1, 0.15) is 0 Å². The van der Waals surface area contributed by atoms with Crippen LogP contribution in [0.2, 0.25) is 0 Å². The van der Waals surface area contributed by atoms with Gasteiger partial charge in [0, 0.05) is 12.1 Å². The lowest BCUT2D eigenvalue weighted by molar-refractivity contribution is -0.118. The maximum atomic E-state index is 12.3. The maximum absolute atomic E-state index is 12.3. The summed E-state index contributed by atoms with van der Waals surface area (Å²) in [6.45, 7) is 7.95. The van der Waals surface area contributed by atoms with Crippen LogP contribution >= 0.6 is 0 Å². The first-order valence-electron chi connectivity index (χ1n) is 6.52. The Morgan fingerprint density at radius 3 is 2.47 bits per heavy atom. The van der Waals surface area contributed by atoms with Gasteiger partial charge in [-0.15, -0.1) is 0 Å². The minimum atomic E-state index is 0.143. The van der Waals surface area contributed by atoms with Crippen molar-refractivity contribution in [2.75, 3.05) is 4.90 Å². The van der Waals surface area contributed by atoms with Crippen LogP contribution in [0.4, 0.5) is 5.69 Å². The molecule has 1 aliphatic heterocycles. The fraction of sp³-hybridized carbons (Fsp3) is 0.235. The summed E-state index contributed by atoms with van der Waals surface area (Å²) < 4.78 is 0. The molecule has 98 valence electrons. The van der Waals surface area contributed by atoms with Crippen molar-refractivity contribution in [2.24, 2.45) is 0 Å². The molecular weight excluding hydrogens is 234 g/mol. The van der Waals surface area contributed by atoms with E-state index in [4.69, 9.17) is 0 Å². The Morgan fingerprint density at radius 2 is 1.89 bits per heavy atom. The number of hydrogen-bond donors (Lipinski definition) is 0. The zero-order valence-corrected chi connectivity index (χ0v) is 11.5. The summed E-state index contributed by atoms with van der Waals surface area (Å²) in [5, 5.41) is 0. The van der Waals surface area contributed by atoms with Gasteiger partial charge in [-0.3, -0.25) is 9.69 Å². The molecule has 0 N–H and O–H groups in total. The molecule has 0 saturated heterocycles. The van der Waals surface area contributed by atoms with Crippen LogP contribution < -0.4 is 4.90 Å². The molecule has 1 amide bonds. The van der Waals surface area contributed by atoms with Gasteiger partial charge < -0.3 is 0 Å². The third-order valence-corrected chi connectivity index (χ3v) is 3.11. The molecule has 0 atom stereocenters. The molecular formula is C17H19NO. The zero-order chi connectivity index (χ0) is 13.8. The number of hydrogen-bond acceptors (Lipinski definition) is 1. The van der Waals surface area contributed by atoms with Crippen molar-refractivity contribution >= 4 is 11.6 Å². The molecule has 1 aliphatic rings. The normalized spacial score (nSPS) is 15.5. The monoisotopic (exact) mass is 253 g/mol. The average molecular weight is 253 g/mol. The highest BCUT2D eigenvalue weighted by molar-refractivity contribution is 5.99. The van der Waals surface area contributed by atoms with Crippen molar-refractivity contribution in [3.8, 4) is 0 Å². The van der Waals surface area contributed by atoms with E-state index in [9.17, 15) is 4.79 Å². The second-order valence-corrected chi connectivity index (χ2v) is 4.90. The molecule has 1 aromatic rings. The molecule has 1 heterocycles. The second-order valence-electron chi connectivity index (χ2n) is 4.90. The van der Waals surface area contributed by atoms with Gasteiger partial charge >= 0.3 is 0 Å². The summed E-state index contributed by atoms with van der Waals surface area (Å²) >= 11 is 0. The van der Waals surface area contributed by atoms with E-state index in [0.717, 1.165) is 23.4 Å². The number of allylic oxidation sites excluding steroid dienone is 4. The van der Waals surface area contributed by atoms with Gasteiger partial charge in [0.15, 0.2) is 0 Å². The average Bonchev–Trinajstić information content (AvgIpc) is 2.39.